The molecule has 0 fully saturated rings. The predicted molar refractivity (Wildman–Crippen MR) is 99.5 cm³/mol. The van der Waals surface area contributed by atoms with E-state index in [2.05, 4.69) is 20.7 Å². The molecule has 0 bridgehead atoms. The van der Waals surface area contributed by atoms with Crippen molar-refractivity contribution in [2.75, 3.05) is 12.0 Å². The summed E-state index contributed by atoms with van der Waals surface area (Å²) in [6.45, 7) is 3.98. The molecular weight excluding hydrogens is 406 g/mol. The number of rotatable bonds is 2. The Hall–Kier alpha value is -2.12. The summed E-state index contributed by atoms with van der Waals surface area (Å²) >= 11 is 3.38. The smallest absolute Gasteiger partial charge is 0.351 e. The summed E-state index contributed by atoms with van der Waals surface area (Å²) in [5.74, 6) is -0.887. The molecule has 0 atom stereocenters. The SMILES string of the molecule is COC(=O)C1=CN(c2ccc(C)c(C)c2)c2cc(Br)ccc2S1(=O)=O. The van der Waals surface area contributed by atoms with Gasteiger partial charge in [-0.1, -0.05) is 22.0 Å². The number of nitrogens with zero attached hydrogens (tertiary/aromatic N) is 1. The van der Waals surface area contributed by atoms with Crippen LogP contribution in [0, 0.1) is 13.8 Å². The second-order valence-corrected chi connectivity index (χ2v) is 8.54. The molecule has 7 heteroatoms. The first-order valence-corrected chi connectivity index (χ1v) is 9.74. The van der Waals surface area contributed by atoms with Crippen LogP contribution >= 0.6 is 15.9 Å². The molecule has 3 rings (SSSR count). The molecule has 0 spiro atoms. The first-order valence-electron chi connectivity index (χ1n) is 7.47. The van der Waals surface area contributed by atoms with Crippen molar-refractivity contribution in [3.63, 3.8) is 0 Å². The number of esters is 1. The molecule has 0 amide bonds. The molecule has 5 nitrogen and oxygen atoms in total. The van der Waals surface area contributed by atoms with E-state index in [0.717, 1.165) is 28.4 Å². The van der Waals surface area contributed by atoms with Gasteiger partial charge in [0, 0.05) is 16.4 Å². The van der Waals surface area contributed by atoms with E-state index in [0.29, 0.717) is 5.69 Å². The minimum atomic E-state index is -3.95. The van der Waals surface area contributed by atoms with Gasteiger partial charge < -0.3 is 9.64 Å². The van der Waals surface area contributed by atoms with Gasteiger partial charge in [-0.2, -0.15) is 0 Å². The maximum Gasteiger partial charge on any atom is 0.351 e. The Balaban J connectivity index is 2.30. The van der Waals surface area contributed by atoms with Crippen LogP contribution in [-0.2, 0) is 19.4 Å². The third-order valence-corrected chi connectivity index (χ3v) is 6.43. The molecule has 1 aliphatic rings. The second-order valence-electron chi connectivity index (χ2n) is 5.74. The average molecular weight is 422 g/mol. The van der Waals surface area contributed by atoms with Crippen LogP contribution in [0.2, 0.25) is 0 Å². The largest absolute Gasteiger partial charge is 0.465 e. The van der Waals surface area contributed by atoms with Crippen molar-refractivity contribution in [3.05, 3.63) is 63.1 Å². The number of sulfone groups is 1. The van der Waals surface area contributed by atoms with E-state index >= 15 is 0 Å². The van der Waals surface area contributed by atoms with E-state index in [9.17, 15) is 13.2 Å². The lowest BCUT2D eigenvalue weighted by Crippen LogP contribution is -2.26. The summed E-state index contributed by atoms with van der Waals surface area (Å²) in [6, 6.07) is 10.6. The Labute approximate surface area is 155 Å². The number of aryl methyl sites for hydroxylation is 2. The molecule has 2 aromatic rings. The topological polar surface area (TPSA) is 63.7 Å². The molecule has 130 valence electrons. The number of fused-ring (bicyclic) bond motifs is 1. The van der Waals surface area contributed by atoms with E-state index in [-0.39, 0.29) is 9.80 Å². The van der Waals surface area contributed by atoms with Gasteiger partial charge in [-0.15, -0.1) is 0 Å². The van der Waals surface area contributed by atoms with Gasteiger partial charge in [0.25, 0.3) is 0 Å². The Morgan fingerprint density at radius 3 is 2.44 bits per heavy atom. The third-order valence-electron chi connectivity index (χ3n) is 4.16. The number of hydrogen-bond donors (Lipinski definition) is 0. The number of carbonyl (C=O) groups excluding carboxylic acids is 1. The molecule has 1 aliphatic heterocycles. The fourth-order valence-electron chi connectivity index (χ4n) is 2.63. The quantitative estimate of drug-likeness (QED) is 0.685. The number of halogens is 1. The van der Waals surface area contributed by atoms with Crippen LogP contribution in [0.3, 0.4) is 0 Å². The van der Waals surface area contributed by atoms with E-state index in [1.165, 1.54) is 12.3 Å². The van der Waals surface area contributed by atoms with Crippen LogP contribution in [0.25, 0.3) is 0 Å². The van der Waals surface area contributed by atoms with Crippen molar-refractivity contribution >= 4 is 43.1 Å². The van der Waals surface area contributed by atoms with Crippen molar-refractivity contribution in [1.29, 1.82) is 0 Å². The molecule has 0 N–H and O–H groups in total. The highest BCUT2D eigenvalue weighted by Crippen LogP contribution is 2.41. The molecular formula is C18H16BrNO4S. The number of benzene rings is 2. The highest BCUT2D eigenvalue weighted by molar-refractivity contribution is 9.10. The summed E-state index contributed by atoms with van der Waals surface area (Å²) < 4.78 is 31.0. The summed E-state index contributed by atoms with van der Waals surface area (Å²) in [4.78, 5) is 13.4. The molecule has 0 aliphatic carbocycles. The first kappa shape index (κ1) is 17.7. The Kier molecular flexibility index (Phi) is 4.47. The normalized spacial score (nSPS) is 15.4. The van der Waals surface area contributed by atoms with Gasteiger partial charge in [0.1, 0.15) is 0 Å². The summed E-state index contributed by atoms with van der Waals surface area (Å²) in [5, 5.41) is 0. The lowest BCUT2D eigenvalue weighted by atomic mass is 10.1. The molecule has 0 radical (unpaired) electrons. The van der Waals surface area contributed by atoms with Crippen molar-refractivity contribution < 1.29 is 17.9 Å². The van der Waals surface area contributed by atoms with Crippen LogP contribution < -0.4 is 4.90 Å². The molecule has 1 heterocycles. The Bertz CT molecular complexity index is 1010. The van der Waals surface area contributed by atoms with Crippen LogP contribution in [0.5, 0.6) is 0 Å². The third kappa shape index (κ3) is 2.98. The zero-order valence-corrected chi connectivity index (χ0v) is 16.3. The summed E-state index contributed by atoms with van der Waals surface area (Å²) in [5.41, 5.74) is 3.43. The van der Waals surface area contributed by atoms with Gasteiger partial charge in [-0.3, -0.25) is 0 Å². The van der Waals surface area contributed by atoms with Gasteiger partial charge in [0.15, 0.2) is 4.91 Å². The number of carbonyl (C=O) groups is 1. The molecule has 2 aromatic carbocycles. The number of anilines is 2. The van der Waals surface area contributed by atoms with Gasteiger partial charge in [0.2, 0.25) is 9.84 Å². The zero-order valence-electron chi connectivity index (χ0n) is 13.9. The number of hydrogen-bond acceptors (Lipinski definition) is 5. The van der Waals surface area contributed by atoms with Crippen molar-refractivity contribution in [2.24, 2.45) is 0 Å². The lowest BCUT2D eigenvalue weighted by molar-refractivity contribution is -0.135. The Morgan fingerprint density at radius 1 is 1.08 bits per heavy atom. The molecule has 0 aromatic heterocycles. The van der Waals surface area contributed by atoms with Crippen molar-refractivity contribution in [3.8, 4) is 0 Å². The number of ether oxygens (including phenoxy) is 1. The van der Waals surface area contributed by atoms with Crippen LogP contribution in [0.15, 0.2) is 56.9 Å². The maximum absolute atomic E-state index is 12.8. The molecule has 0 saturated carbocycles. The van der Waals surface area contributed by atoms with Gasteiger partial charge in [-0.25, -0.2) is 13.2 Å². The minimum Gasteiger partial charge on any atom is -0.465 e. The summed E-state index contributed by atoms with van der Waals surface area (Å²) in [6.07, 6.45) is 1.32. The standard InChI is InChI=1S/C18H16BrNO4S/c1-11-4-6-14(8-12(11)2)20-10-17(18(21)24-3)25(22,23)16-7-5-13(19)9-15(16)20/h4-10H,1-3H3. The molecule has 0 unspecified atom stereocenters. The van der Waals surface area contributed by atoms with Crippen LogP contribution in [-0.4, -0.2) is 21.5 Å². The Morgan fingerprint density at radius 2 is 1.80 bits per heavy atom. The maximum atomic E-state index is 12.8. The molecule has 0 saturated heterocycles. The second kappa shape index (κ2) is 6.31. The average Bonchev–Trinajstić information content (AvgIpc) is 2.56. The first-order chi connectivity index (χ1) is 11.8. The van der Waals surface area contributed by atoms with Crippen molar-refractivity contribution in [2.45, 2.75) is 18.7 Å². The van der Waals surface area contributed by atoms with E-state index in [4.69, 9.17) is 0 Å². The van der Waals surface area contributed by atoms with Crippen LogP contribution in [0.4, 0.5) is 11.4 Å². The predicted octanol–water partition coefficient (Wildman–Crippen LogP) is 4.01. The minimum absolute atomic E-state index is 0.0665. The fourth-order valence-corrected chi connectivity index (χ4v) is 4.45. The van der Waals surface area contributed by atoms with Crippen LogP contribution in [0.1, 0.15) is 11.1 Å². The number of methoxy groups -OCH3 is 1. The highest BCUT2D eigenvalue weighted by atomic mass is 79.9. The molecule has 25 heavy (non-hydrogen) atoms. The van der Waals surface area contributed by atoms with Crippen molar-refractivity contribution in [1.82, 2.24) is 0 Å². The van der Waals surface area contributed by atoms with E-state index in [1.54, 1.807) is 17.0 Å². The van der Waals surface area contributed by atoms with E-state index < -0.39 is 15.8 Å². The zero-order chi connectivity index (χ0) is 18.4. The highest BCUT2D eigenvalue weighted by Gasteiger charge is 2.36. The summed E-state index contributed by atoms with van der Waals surface area (Å²) in [7, 11) is -2.78. The fraction of sp³-hybridized carbons (Fsp3) is 0.167. The van der Waals surface area contributed by atoms with Gasteiger partial charge >= 0.3 is 5.97 Å². The van der Waals surface area contributed by atoms with Gasteiger partial charge in [-0.05, 0) is 55.3 Å². The van der Waals surface area contributed by atoms with Gasteiger partial charge in [0.05, 0.1) is 17.7 Å². The lowest BCUT2D eigenvalue weighted by Gasteiger charge is -2.29. The van der Waals surface area contributed by atoms with E-state index in [1.807, 2.05) is 32.0 Å². The monoisotopic (exact) mass is 421 g/mol.